The molecule has 96 valence electrons. The van der Waals surface area contributed by atoms with Crippen molar-refractivity contribution in [3.8, 4) is 0 Å². The van der Waals surface area contributed by atoms with Gasteiger partial charge in [-0.05, 0) is 19.3 Å². The van der Waals surface area contributed by atoms with Crippen LogP contribution in [0, 0.1) is 0 Å². The van der Waals surface area contributed by atoms with Crippen molar-refractivity contribution in [2.45, 2.75) is 51.6 Å². The van der Waals surface area contributed by atoms with Crippen molar-refractivity contribution in [3.05, 3.63) is 0 Å². The number of rotatable bonds is 6. The number of ether oxygens (including phenoxy) is 1. The summed E-state index contributed by atoms with van der Waals surface area (Å²) in [6.07, 6.45) is 5.02. The fraction of sp³-hybridized carbons (Fsp3) is 1.00. The van der Waals surface area contributed by atoms with Crippen molar-refractivity contribution in [2.75, 3.05) is 33.4 Å². The molecule has 1 fully saturated rings. The summed E-state index contributed by atoms with van der Waals surface area (Å²) < 4.78 is 5.34. The minimum atomic E-state index is 0.618. The zero-order valence-corrected chi connectivity index (χ0v) is 11.2. The Hall–Kier alpha value is -0.120. The van der Waals surface area contributed by atoms with E-state index < -0.39 is 0 Å². The first kappa shape index (κ1) is 13.9. The first-order valence-corrected chi connectivity index (χ1v) is 6.78. The summed E-state index contributed by atoms with van der Waals surface area (Å²) in [6, 6.07) is 1.34. The normalized spacial score (nSPS) is 25.3. The maximum absolute atomic E-state index is 5.34. The standard InChI is InChI=1S/C13H28N2O/c1-4-6-13(11-16-3)15-9-7-12(5-2)14-8-10-15/h12-14H,4-11H2,1-3H3. The van der Waals surface area contributed by atoms with Crippen LogP contribution in [0.4, 0.5) is 0 Å². The molecule has 0 aromatic heterocycles. The molecule has 0 amide bonds. The summed E-state index contributed by atoms with van der Waals surface area (Å²) in [4.78, 5) is 2.61. The predicted molar refractivity (Wildman–Crippen MR) is 68.8 cm³/mol. The maximum Gasteiger partial charge on any atom is 0.0618 e. The molecule has 0 radical (unpaired) electrons. The fourth-order valence-corrected chi connectivity index (χ4v) is 2.56. The third-order valence-electron chi connectivity index (χ3n) is 3.59. The third kappa shape index (κ3) is 4.40. The SMILES string of the molecule is CCCC(COC)N1CCNC(CC)CC1. The Balaban J connectivity index is 2.43. The van der Waals surface area contributed by atoms with Gasteiger partial charge in [-0.3, -0.25) is 4.90 Å². The quantitative estimate of drug-likeness (QED) is 0.751. The van der Waals surface area contributed by atoms with Gasteiger partial charge in [0.2, 0.25) is 0 Å². The van der Waals surface area contributed by atoms with Crippen molar-refractivity contribution >= 4 is 0 Å². The van der Waals surface area contributed by atoms with Crippen LogP contribution in [0.3, 0.4) is 0 Å². The van der Waals surface area contributed by atoms with Crippen molar-refractivity contribution < 1.29 is 4.74 Å². The van der Waals surface area contributed by atoms with Crippen molar-refractivity contribution in [1.82, 2.24) is 10.2 Å². The van der Waals surface area contributed by atoms with E-state index in [0.717, 1.165) is 19.2 Å². The molecule has 1 aliphatic heterocycles. The van der Waals surface area contributed by atoms with Gasteiger partial charge in [0.05, 0.1) is 6.61 Å². The monoisotopic (exact) mass is 228 g/mol. The molecule has 2 atom stereocenters. The topological polar surface area (TPSA) is 24.5 Å². The number of methoxy groups -OCH3 is 1. The molecule has 0 bridgehead atoms. The summed E-state index contributed by atoms with van der Waals surface area (Å²) in [5.41, 5.74) is 0. The van der Waals surface area contributed by atoms with Crippen LogP contribution in [-0.4, -0.2) is 50.3 Å². The molecule has 1 N–H and O–H groups in total. The Labute approximate surface area is 101 Å². The highest BCUT2D eigenvalue weighted by Crippen LogP contribution is 2.12. The van der Waals surface area contributed by atoms with E-state index in [0.29, 0.717) is 6.04 Å². The largest absolute Gasteiger partial charge is 0.383 e. The van der Waals surface area contributed by atoms with Gasteiger partial charge in [-0.2, -0.15) is 0 Å². The van der Waals surface area contributed by atoms with Gasteiger partial charge in [0.15, 0.2) is 0 Å². The second-order valence-corrected chi connectivity index (χ2v) is 4.78. The van der Waals surface area contributed by atoms with Crippen LogP contribution >= 0.6 is 0 Å². The lowest BCUT2D eigenvalue weighted by molar-refractivity contribution is 0.0880. The molecule has 1 saturated heterocycles. The number of nitrogens with zero attached hydrogens (tertiary/aromatic N) is 1. The Morgan fingerprint density at radius 3 is 2.81 bits per heavy atom. The lowest BCUT2D eigenvalue weighted by Gasteiger charge is -2.29. The Morgan fingerprint density at radius 2 is 2.19 bits per heavy atom. The number of hydrogen-bond acceptors (Lipinski definition) is 3. The Kier molecular flexibility index (Phi) is 7.01. The van der Waals surface area contributed by atoms with E-state index in [1.165, 1.54) is 38.8 Å². The zero-order chi connectivity index (χ0) is 11.8. The van der Waals surface area contributed by atoms with Gasteiger partial charge in [0, 0.05) is 38.8 Å². The van der Waals surface area contributed by atoms with Crippen molar-refractivity contribution in [1.29, 1.82) is 0 Å². The van der Waals surface area contributed by atoms with Crippen molar-refractivity contribution in [3.63, 3.8) is 0 Å². The average molecular weight is 228 g/mol. The number of nitrogens with one attached hydrogen (secondary N) is 1. The van der Waals surface area contributed by atoms with Crippen molar-refractivity contribution in [2.24, 2.45) is 0 Å². The molecule has 3 heteroatoms. The summed E-state index contributed by atoms with van der Waals surface area (Å²) in [7, 11) is 1.81. The Bertz CT molecular complexity index is 169. The van der Waals surface area contributed by atoms with Gasteiger partial charge in [0.25, 0.3) is 0 Å². The fourth-order valence-electron chi connectivity index (χ4n) is 2.56. The Morgan fingerprint density at radius 1 is 1.38 bits per heavy atom. The van der Waals surface area contributed by atoms with E-state index in [-0.39, 0.29) is 0 Å². The summed E-state index contributed by atoms with van der Waals surface area (Å²) in [6.45, 7) is 8.93. The smallest absolute Gasteiger partial charge is 0.0618 e. The van der Waals surface area contributed by atoms with Gasteiger partial charge >= 0.3 is 0 Å². The molecule has 2 unspecified atom stereocenters. The second-order valence-electron chi connectivity index (χ2n) is 4.78. The van der Waals surface area contributed by atoms with Gasteiger partial charge < -0.3 is 10.1 Å². The second kappa shape index (κ2) is 8.04. The lowest BCUT2D eigenvalue weighted by Crippen LogP contribution is -2.40. The van der Waals surface area contributed by atoms with Gasteiger partial charge in [0.1, 0.15) is 0 Å². The van der Waals surface area contributed by atoms with Gasteiger partial charge in [-0.1, -0.05) is 20.3 Å². The maximum atomic E-state index is 5.34. The molecule has 0 saturated carbocycles. The lowest BCUT2D eigenvalue weighted by atomic mass is 10.1. The average Bonchev–Trinajstić information content (AvgIpc) is 2.53. The van der Waals surface area contributed by atoms with E-state index in [4.69, 9.17) is 4.74 Å². The highest BCUT2D eigenvalue weighted by atomic mass is 16.5. The molecule has 1 aliphatic rings. The van der Waals surface area contributed by atoms with Crippen LogP contribution in [0.5, 0.6) is 0 Å². The first-order chi connectivity index (χ1) is 7.81. The van der Waals surface area contributed by atoms with E-state index in [2.05, 4.69) is 24.1 Å². The van der Waals surface area contributed by atoms with E-state index in [9.17, 15) is 0 Å². The minimum Gasteiger partial charge on any atom is -0.383 e. The molecule has 0 aliphatic carbocycles. The van der Waals surface area contributed by atoms with Crippen LogP contribution in [0.2, 0.25) is 0 Å². The van der Waals surface area contributed by atoms with E-state index in [1.807, 2.05) is 7.11 Å². The molecule has 0 aromatic rings. The molecule has 0 spiro atoms. The van der Waals surface area contributed by atoms with Crippen LogP contribution < -0.4 is 5.32 Å². The first-order valence-electron chi connectivity index (χ1n) is 6.78. The van der Waals surface area contributed by atoms with E-state index >= 15 is 0 Å². The highest BCUT2D eigenvalue weighted by molar-refractivity contribution is 4.79. The summed E-state index contributed by atoms with van der Waals surface area (Å²) >= 11 is 0. The predicted octanol–water partition coefficient (Wildman–Crippen LogP) is 1.88. The minimum absolute atomic E-state index is 0.618. The molecule has 1 rings (SSSR count). The van der Waals surface area contributed by atoms with E-state index in [1.54, 1.807) is 0 Å². The zero-order valence-electron chi connectivity index (χ0n) is 11.2. The van der Waals surface area contributed by atoms with Crippen LogP contribution in [0.1, 0.15) is 39.5 Å². The molecular formula is C13H28N2O. The highest BCUT2D eigenvalue weighted by Gasteiger charge is 2.21. The molecule has 0 aromatic carbocycles. The van der Waals surface area contributed by atoms with Gasteiger partial charge in [-0.15, -0.1) is 0 Å². The number of hydrogen-bond donors (Lipinski definition) is 1. The summed E-state index contributed by atoms with van der Waals surface area (Å²) in [5.74, 6) is 0. The molecule has 1 heterocycles. The molecule has 16 heavy (non-hydrogen) atoms. The molecule has 3 nitrogen and oxygen atoms in total. The third-order valence-corrected chi connectivity index (χ3v) is 3.59. The summed E-state index contributed by atoms with van der Waals surface area (Å²) in [5, 5.41) is 3.62. The van der Waals surface area contributed by atoms with Crippen LogP contribution in [-0.2, 0) is 4.74 Å². The molecular weight excluding hydrogens is 200 g/mol. The van der Waals surface area contributed by atoms with Gasteiger partial charge in [-0.25, -0.2) is 0 Å². The van der Waals surface area contributed by atoms with Crippen LogP contribution in [0.15, 0.2) is 0 Å². The van der Waals surface area contributed by atoms with Crippen LogP contribution in [0.25, 0.3) is 0 Å².